The van der Waals surface area contributed by atoms with Crippen LogP contribution in [0.15, 0.2) is 36.7 Å². The maximum Gasteiger partial charge on any atom is 0.0650 e. The number of fused-ring (bicyclic) bond motifs is 1. The molecule has 3 rings (SSSR count). The standard InChI is InChI=1S/C13H16N4/c1-16-8-6-14-13-4-3-12(9-11(13)10-16)17-7-2-5-15-17/h2-5,7,9,14H,6,8,10H2,1H3. The van der Waals surface area contributed by atoms with E-state index in [9.17, 15) is 0 Å². The first kappa shape index (κ1) is 10.4. The molecule has 1 N–H and O–H groups in total. The monoisotopic (exact) mass is 228 g/mol. The Kier molecular flexibility index (Phi) is 2.57. The highest BCUT2D eigenvalue weighted by atomic mass is 15.3. The molecule has 1 aliphatic rings. The van der Waals surface area contributed by atoms with Crippen LogP contribution in [0.4, 0.5) is 5.69 Å². The van der Waals surface area contributed by atoms with Crippen molar-refractivity contribution in [1.82, 2.24) is 14.7 Å². The molecule has 4 nitrogen and oxygen atoms in total. The van der Waals surface area contributed by atoms with Crippen LogP contribution < -0.4 is 5.32 Å². The van der Waals surface area contributed by atoms with Gasteiger partial charge in [-0.15, -0.1) is 0 Å². The predicted molar refractivity (Wildman–Crippen MR) is 68.4 cm³/mol. The van der Waals surface area contributed by atoms with Gasteiger partial charge in [-0.1, -0.05) is 0 Å². The maximum absolute atomic E-state index is 4.26. The van der Waals surface area contributed by atoms with Gasteiger partial charge in [-0.25, -0.2) is 4.68 Å². The van der Waals surface area contributed by atoms with Crippen LogP contribution in [-0.4, -0.2) is 34.8 Å². The molecule has 0 aliphatic carbocycles. The summed E-state index contributed by atoms with van der Waals surface area (Å²) in [4.78, 5) is 2.33. The first-order chi connectivity index (χ1) is 8.33. The summed E-state index contributed by atoms with van der Waals surface area (Å²) >= 11 is 0. The van der Waals surface area contributed by atoms with Crippen LogP contribution in [0.1, 0.15) is 5.56 Å². The number of hydrogen-bond acceptors (Lipinski definition) is 3. The van der Waals surface area contributed by atoms with E-state index in [-0.39, 0.29) is 0 Å². The Labute approximate surface area is 101 Å². The van der Waals surface area contributed by atoms with Gasteiger partial charge in [-0.2, -0.15) is 5.10 Å². The average Bonchev–Trinajstić information content (AvgIpc) is 2.78. The Morgan fingerprint density at radius 2 is 2.29 bits per heavy atom. The fourth-order valence-electron chi connectivity index (χ4n) is 2.20. The number of hydrogen-bond donors (Lipinski definition) is 1. The molecular weight excluding hydrogens is 212 g/mol. The Hall–Kier alpha value is -1.81. The number of nitrogens with one attached hydrogen (secondary N) is 1. The summed E-state index contributed by atoms with van der Waals surface area (Å²) in [6.07, 6.45) is 3.77. The number of aromatic nitrogens is 2. The van der Waals surface area contributed by atoms with Crippen LogP contribution in [0.25, 0.3) is 5.69 Å². The SMILES string of the molecule is CN1CCNc2ccc(-n3cccn3)cc2C1. The van der Waals surface area contributed by atoms with E-state index in [1.54, 1.807) is 6.20 Å². The largest absolute Gasteiger partial charge is 0.383 e. The quantitative estimate of drug-likeness (QED) is 0.807. The van der Waals surface area contributed by atoms with E-state index in [0.29, 0.717) is 0 Å². The number of benzene rings is 1. The molecule has 1 aliphatic heterocycles. The second-order valence-corrected chi connectivity index (χ2v) is 4.46. The zero-order valence-corrected chi connectivity index (χ0v) is 9.93. The summed E-state index contributed by atoms with van der Waals surface area (Å²) in [6.45, 7) is 3.06. The Morgan fingerprint density at radius 3 is 3.12 bits per heavy atom. The minimum atomic E-state index is 0.984. The molecule has 0 spiro atoms. The summed E-state index contributed by atoms with van der Waals surface area (Å²) in [5, 5.41) is 7.72. The van der Waals surface area contributed by atoms with Crippen LogP contribution >= 0.6 is 0 Å². The van der Waals surface area contributed by atoms with Gasteiger partial charge in [0.1, 0.15) is 0 Å². The molecule has 0 unspecified atom stereocenters. The van der Waals surface area contributed by atoms with Crippen molar-refractivity contribution in [3.63, 3.8) is 0 Å². The van der Waals surface area contributed by atoms with Crippen molar-refractivity contribution in [2.24, 2.45) is 0 Å². The third-order valence-corrected chi connectivity index (χ3v) is 3.11. The number of anilines is 1. The zero-order valence-electron chi connectivity index (χ0n) is 9.93. The number of likely N-dealkylation sites (N-methyl/N-ethyl adjacent to an activating group) is 1. The van der Waals surface area contributed by atoms with E-state index < -0.39 is 0 Å². The lowest BCUT2D eigenvalue weighted by Crippen LogP contribution is -2.20. The second-order valence-electron chi connectivity index (χ2n) is 4.46. The molecule has 0 saturated carbocycles. The average molecular weight is 228 g/mol. The number of rotatable bonds is 1. The molecular formula is C13H16N4. The first-order valence-corrected chi connectivity index (χ1v) is 5.88. The van der Waals surface area contributed by atoms with E-state index in [2.05, 4.69) is 40.6 Å². The van der Waals surface area contributed by atoms with Gasteiger partial charge >= 0.3 is 0 Å². The van der Waals surface area contributed by atoms with Crippen LogP contribution in [-0.2, 0) is 6.54 Å². The predicted octanol–water partition coefficient (Wildman–Crippen LogP) is 1.73. The molecule has 17 heavy (non-hydrogen) atoms. The van der Waals surface area contributed by atoms with E-state index in [0.717, 1.165) is 25.3 Å². The zero-order chi connectivity index (χ0) is 11.7. The lowest BCUT2D eigenvalue weighted by molar-refractivity contribution is 0.346. The summed E-state index contributed by atoms with van der Waals surface area (Å²) in [5.74, 6) is 0. The van der Waals surface area contributed by atoms with Gasteiger partial charge in [0.05, 0.1) is 5.69 Å². The maximum atomic E-state index is 4.26. The van der Waals surface area contributed by atoms with Crippen molar-refractivity contribution in [1.29, 1.82) is 0 Å². The van der Waals surface area contributed by atoms with Crippen molar-refractivity contribution >= 4 is 5.69 Å². The lowest BCUT2D eigenvalue weighted by Gasteiger charge is -2.13. The molecule has 1 aromatic carbocycles. The Balaban J connectivity index is 2.00. The van der Waals surface area contributed by atoms with Gasteiger partial charge in [-0.3, -0.25) is 0 Å². The third kappa shape index (κ3) is 2.03. The summed E-state index contributed by atoms with van der Waals surface area (Å²) in [6, 6.07) is 8.39. The van der Waals surface area contributed by atoms with E-state index in [4.69, 9.17) is 0 Å². The van der Waals surface area contributed by atoms with Gasteiger partial charge in [0, 0.05) is 37.7 Å². The normalized spacial score (nSPS) is 16.1. The topological polar surface area (TPSA) is 33.1 Å². The highest BCUT2D eigenvalue weighted by molar-refractivity contribution is 5.56. The molecule has 0 fully saturated rings. The van der Waals surface area contributed by atoms with Gasteiger partial charge in [0.2, 0.25) is 0 Å². The van der Waals surface area contributed by atoms with E-state index in [1.807, 2.05) is 16.9 Å². The minimum Gasteiger partial charge on any atom is -0.383 e. The lowest BCUT2D eigenvalue weighted by atomic mass is 10.1. The number of nitrogens with zero attached hydrogens (tertiary/aromatic N) is 3. The fourth-order valence-corrected chi connectivity index (χ4v) is 2.20. The molecule has 1 aromatic heterocycles. The van der Waals surface area contributed by atoms with Crippen LogP contribution in [0.5, 0.6) is 0 Å². The van der Waals surface area contributed by atoms with Crippen molar-refractivity contribution in [3.8, 4) is 5.69 Å². The molecule has 0 bridgehead atoms. The van der Waals surface area contributed by atoms with Crippen molar-refractivity contribution < 1.29 is 0 Å². The van der Waals surface area contributed by atoms with Crippen molar-refractivity contribution in [2.45, 2.75) is 6.54 Å². The molecule has 2 heterocycles. The van der Waals surface area contributed by atoms with Crippen molar-refractivity contribution in [2.75, 3.05) is 25.5 Å². The first-order valence-electron chi connectivity index (χ1n) is 5.88. The van der Waals surface area contributed by atoms with Gasteiger partial charge < -0.3 is 10.2 Å². The van der Waals surface area contributed by atoms with Gasteiger partial charge in [0.15, 0.2) is 0 Å². The molecule has 0 saturated heterocycles. The summed E-state index contributed by atoms with van der Waals surface area (Å²) in [7, 11) is 2.15. The molecule has 0 amide bonds. The molecule has 4 heteroatoms. The van der Waals surface area contributed by atoms with E-state index in [1.165, 1.54) is 11.3 Å². The van der Waals surface area contributed by atoms with Crippen molar-refractivity contribution in [3.05, 3.63) is 42.2 Å². The Morgan fingerprint density at radius 1 is 1.35 bits per heavy atom. The summed E-state index contributed by atoms with van der Waals surface area (Å²) < 4.78 is 1.89. The van der Waals surface area contributed by atoms with Crippen LogP contribution in [0, 0.1) is 0 Å². The second kappa shape index (κ2) is 4.22. The summed E-state index contributed by atoms with van der Waals surface area (Å²) in [5.41, 5.74) is 3.69. The molecule has 0 atom stereocenters. The van der Waals surface area contributed by atoms with Crippen LogP contribution in [0.3, 0.4) is 0 Å². The third-order valence-electron chi connectivity index (χ3n) is 3.11. The highest BCUT2D eigenvalue weighted by Crippen LogP contribution is 2.22. The highest BCUT2D eigenvalue weighted by Gasteiger charge is 2.11. The molecule has 88 valence electrons. The van der Waals surface area contributed by atoms with E-state index >= 15 is 0 Å². The van der Waals surface area contributed by atoms with Gasteiger partial charge in [-0.05, 0) is 36.9 Å². The van der Waals surface area contributed by atoms with Gasteiger partial charge in [0.25, 0.3) is 0 Å². The fraction of sp³-hybridized carbons (Fsp3) is 0.308. The smallest absolute Gasteiger partial charge is 0.0650 e. The Bertz CT molecular complexity index is 504. The minimum absolute atomic E-state index is 0.984. The van der Waals surface area contributed by atoms with Crippen LogP contribution in [0.2, 0.25) is 0 Å². The molecule has 0 radical (unpaired) electrons. The molecule has 2 aromatic rings.